The molecule has 1 aliphatic heterocycles. The molecule has 43 heavy (non-hydrogen) atoms. The average molecular weight is 588 g/mol. The van der Waals surface area contributed by atoms with Gasteiger partial charge in [-0.1, -0.05) is 67.6 Å². The van der Waals surface area contributed by atoms with Crippen molar-refractivity contribution < 1.29 is 29.4 Å². The molecule has 2 heterocycles. The van der Waals surface area contributed by atoms with Crippen molar-refractivity contribution in [1.82, 2.24) is 25.8 Å². The Morgan fingerprint density at radius 2 is 1.49 bits per heavy atom. The van der Waals surface area contributed by atoms with E-state index in [1.165, 1.54) is 37.2 Å². The molecule has 3 aromatic rings. The number of rotatable bonds is 6. The lowest BCUT2D eigenvalue weighted by Crippen LogP contribution is -2.64. The Hall–Kier alpha value is -4.77. The van der Waals surface area contributed by atoms with E-state index >= 15 is 0 Å². The van der Waals surface area contributed by atoms with Crippen molar-refractivity contribution in [3.63, 3.8) is 0 Å². The van der Waals surface area contributed by atoms with E-state index in [0.29, 0.717) is 0 Å². The minimum atomic E-state index is -1.33. The number of nitrogens with one attached hydrogen (secondary N) is 3. The Morgan fingerprint density at radius 3 is 2.09 bits per heavy atom. The number of amides is 4. The number of aromatic nitrogens is 1. The topological polar surface area (TPSA) is 161 Å². The van der Waals surface area contributed by atoms with E-state index in [-0.39, 0.29) is 24.3 Å². The first-order valence-corrected chi connectivity index (χ1v) is 14.1. The van der Waals surface area contributed by atoms with Crippen LogP contribution in [0.4, 0.5) is 0 Å². The molecule has 1 unspecified atom stereocenters. The van der Waals surface area contributed by atoms with Gasteiger partial charge in [0.15, 0.2) is 5.69 Å². The molecule has 5 N–H and O–H groups in total. The van der Waals surface area contributed by atoms with Gasteiger partial charge in [-0.05, 0) is 36.6 Å². The molecule has 0 aliphatic carbocycles. The minimum Gasteiger partial charge on any atom is -0.505 e. The zero-order valence-corrected chi connectivity index (χ0v) is 24.3. The van der Waals surface area contributed by atoms with Crippen LogP contribution in [-0.4, -0.2) is 81.0 Å². The van der Waals surface area contributed by atoms with Crippen LogP contribution in [0.15, 0.2) is 79.0 Å². The van der Waals surface area contributed by atoms with Crippen LogP contribution < -0.4 is 16.0 Å². The number of hydrogen-bond donors (Lipinski definition) is 5. The van der Waals surface area contributed by atoms with Gasteiger partial charge in [0.1, 0.15) is 17.8 Å². The van der Waals surface area contributed by atoms with Crippen LogP contribution in [0.3, 0.4) is 0 Å². The number of aliphatic hydroxyl groups excluding tert-OH is 1. The third-order valence-electron chi connectivity index (χ3n) is 7.87. The van der Waals surface area contributed by atoms with Gasteiger partial charge in [0.05, 0.1) is 24.1 Å². The molecule has 1 aromatic heterocycles. The van der Waals surface area contributed by atoms with Crippen molar-refractivity contribution in [3.05, 3.63) is 95.8 Å². The van der Waals surface area contributed by atoms with Crippen LogP contribution in [0.1, 0.15) is 35.5 Å². The number of pyridine rings is 1. The molecule has 2 aromatic carbocycles. The molecule has 1 saturated heterocycles. The lowest BCUT2D eigenvalue weighted by Gasteiger charge is -2.37. The largest absolute Gasteiger partial charge is 0.505 e. The SMILES string of the molecule is C[C@@H]1[C@H](NC(=O)c2ncccc2O)C(=O)N[C@@H](Cc2ccccc2)[C@@H](O)[C@@H](C)C(=O)NC(Cc2ccccc2)C(=O)N1C. The van der Waals surface area contributed by atoms with E-state index in [1.54, 1.807) is 6.92 Å². The third-order valence-corrected chi connectivity index (χ3v) is 7.87. The van der Waals surface area contributed by atoms with Crippen LogP contribution in [-0.2, 0) is 27.2 Å². The lowest BCUT2D eigenvalue weighted by atomic mass is 9.90. The summed E-state index contributed by atoms with van der Waals surface area (Å²) in [5.74, 6) is -3.89. The van der Waals surface area contributed by atoms with Gasteiger partial charge in [0.25, 0.3) is 5.91 Å². The van der Waals surface area contributed by atoms with Crippen LogP contribution in [0, 0.1) is 5.92 Å². The molecule has 11 nitrogen and oxygen atoms in total. The van der Waals surface area contributed by atoms with Crippen molar-refractivity contribution in [3.8, 4) is 5.75 Å². The molecule has 226 valence electrons. The van der Waals surface area contributed by atoms with Crippen molar-refractivity contribution in [2.75, 3.05) is 7.05 Å². The van der Waals surface area contributed by atoms with Gasteiger partial charge in [0.2, 0.25) is 17.7 Å². The summed E-state index contributed by atoms with van der Waals surface area (Å²) in [5, 5.41) is 29.9. The van der Waals surface area contributed by atoms with E-state index in [1.807, 2.05) is 60.7 Å². The lowest BCUT2D eigenvalue weighted by molar-refractivity contribution is -0.141. The van der Waals surface area contributed by atoms with E-state index in [4.69, 9.17) is 0 Å². The predicted molar refractivity (Wildman–Crippen MR) is 159 cm³/mol. The standard InChI is InChI=1S/C32H37N5O6/c1-19-28(39)23(17-21-11-6-4-7-12-21)34-30(41)26(36-31(42)27-25(38)15-10-16-33-27)20(2)37(3)32(43)24(35-29(19)40)18-22-13-8-5-9-14-22/h4-16,19-20,23-24,26,28,38-39H,17-18H2,1-3H3,(H,34,41)(H,35,40)(H,36,42)/t19-,20-,23+,24?,26+,28+/m1/s1. The second-order valence-electron chi connectivity index (χ2n) is 10.8. The highest BCUT2D eigenvalue weighted by molar-refractivity contribution is 5.98. The molecule has 0 saturated carbocycles. The van der Waals surface area contributed by atoms with E-state index in [2.05, 4.69) is 20.9 Å². The van der Waals surface area contributed by atoms with E-state index in [0.717, 1.165) is 11.1 Å². The molecule has 0 radical (unpaired) electrons. The van der Waals surface area contributed by atoms with Gasteiger partial charge >= 0.3 is 0 Å². The number of benzene rings is 2. The third kappa shape index (κ3) is 7.55. The number of aromatic hydroxyl groups is 1. The van der Waals surface area contributed by atoms with Crippen molar-refractivity contribution >= 4 is 23.6 Å². The average Bonchev–Trinajstić information content (AvgIpc) is 3.01. The summed E-state index contributed by atoms with van der Waals surface area (Å²) < 4.78 is 0. The highest BCUT2D eigenvalue weighted by Crippen LogP contribution is 2.19. The molecule has 0 spiro atoms. The molecule has 4 amide bonds. The van der Waals surface area contributed by atoms with Gasteiger partial charge in [-0.3, -0.25) is 19.2 Å². The molecule has 0 bridgehead atoms. The summed E-state index contributed by atoms with van der Waals surface area (Å²) in [6.45, 7) is 3.13. The van der Waals surface area contributed by atoms with Gasteiger partial charge in [-0.2, -0.15) is 0 Å². The number of likely N-dealkylation sites (N-methyl/N-ethyl adjacent to an activating group) is 1. The highest BCUT2D eigenvalue weighted by Gasteiger charge is 2.40. The molecular weight excluding hydrogens is 550 g/mol. The second-order valence-corrected chi connectivity index (χ2v) is 10.8. The first-order chi connectivity index (χ1) is 20.6. The quantitative estimate of drug-likeness (QED) is 0.290. The van der Waals surface area contributed by atoms with Gasteiger partial charge in [-0.15, -0.1) is 0 Å². The maximum absolute atomic E-state index is 13.9. The fourth-order valence-electron chi connectivity index (χ4n) is 5.11. The molecule has 4 rings (SSSR count). The molecule has 11 heteroatoms. The smallest absolute Gasteiger partial charge is 0.274 e. The van der Waals surface area contributed by atoms with Crippen molar-refractivity contribution in [1.29, 1.82) is 0 Å². The summed E-state index contributed by atoms with van der Waals surface area (Å²) >= 11 is 0. The Bertz CT molecular complexity index is 1440. The van der Waals surface area contributed by atoms with Gasteiger partial charge < -0.3 is 31.1 Å². The number of aliphatic hydroxyl groups is 1. The van der Waals surface area contributed by atoms with Crippen LogP contribution in [0.2, 0.25) is 0 Å². The fourth-order valence-corrected chi connectivity index (χ4v) is 5.11. The normalized spacial score (nSPS) is 25.1. The molecule has 6 atom stereocenters. The minimum absolute atomic E-state index is 0.170. The van der Waals surface area contributed by atoms with Crippen LogP contribution in [0.5, 0.6) is 5.75 Å². The first-order valence-electron chi connectivity index (χ1n) is 14.1. The van der Waals surface area contributed by atoms with Crippen LogP contribution >= 0.6 is 0 Å². The summed E-state index contributed by atoms with van der Waals surface area (Å²) in [4.78, 5) is 59.6. The summed E-state index contributed by atoms with van der Waals surface area (Å²) in [5.41, 5.74) is 1.33. The zero-order chi connectivity index (χ0) is 31.1. The van der Waals surface area contributed by atoms with Gasteiger partial charge in [-0.25, -0.2) is 4.98 Å². The second kappa shape index (κ2) is 13.9. The predicted octanol–water partition coefficient (Wildman–Crippen LogP) is 1.20. The Labute approximate surface area is 250 Å². The fraction of sp³-hybridized carbons (Fsp3) is 0.344. The number of hydrogen-bond acceptors (Lipinski definition) is 7. The summed E-state index contributed by atoms with van der Waals surface area (Å²) in [6, 6.07) is 17.0. The Balaban J connectivity index is 1.73. The maximum Gasteiger partial charge on any atom is 0.274 e. The van der Waals surface area contributed by atoms with Gasteiger partial charge in [0, 0.05) is 19.7 Å². The number of carbonyl (C=O) groups excluding carboxylic acids is 4. The Morgan fingerprint density at radius 1 is 0.884 bits per heavy atom. The molecular formula is C32H37N5O6. The maximum atomic E-state index is 13.9. The van der Waals surface area contributed by atoms with Crippen molar-refractivity contribution in [2.24, 2.45) is 5.92 Å². The van der Waals surface area contributed by atoms with E-state index in [9.17, 15) is 29.4 Å². The van der Waals surface area contributed by atoms with Crippen LogP contribution in [0.25, 0.3) is 0 Å². The highest BCUT2D eigenvalue weighted by atomic mass is 16.3. The summed E-state index contributed by atoms with van der Waals surface area (Å²) in [6.07, 6.45) is 0.368. The number of nitrogens with zero attached hydrogens (tertiary/aromatic N) is 2. The molecule has 1 fully saturated rings. The monoisotopic (exact) mass is 587 g/mol. The zero-order valence-electron chi connectivity index (χ0n) is 24.3. The Kier molecular flexibility index (Phi) is 10.1. The van der Waals surface area contributed by atoms with Crippen molar-refractivity contribution in [2.45, 2.75) is 57.0 Å². The molecule has 1 aliphatic rings. The number of carbonyl (C=O) groups is 4. The summed E-state index contributed by atoms with van der Waals surface area (Å²) in [7, 11) is 1.49. The van der Waals surface area contributed by atoms with E-state index < -0.39 is 59.8 Å². The first kappa shape index (κ1) is 31.2.